The van der Waals surface area contributed by atoms with Crippen LogP contribution in [-0.4, -0.2) is 45.1 Å². The molecule has 22 heavy (non-hydrogen) atoms. The number of likely N-dealkylation sites (tertiary alicyclic amines) is 1. The molecule has 0 bridgehead atoms. The molecule has 1 aliphatic carbocycles. The summed E-state index contributed by atoms with van der Waals surface area (Å²) in [7, 11) is 0. The number of carbonyl (C=O) groups excluding carboxylic acids is 1. The van der Waals surface area contributed by atoms with Gasteiger partial charge < -0.3 is 14.5 Å². The first-order chi connectivity index (χ1) is 10.6. The average Bonchev–Trinajstić information content (AvgIpc) is 3.23. The molecule has 7 nitrogen and oxygen atoms in total. The summed E-state index contributed by atoms with van der Waals surface area (Å²) in [6.07, 6.45) is 5.91. The Kier molecular flexibility index (Phi) is 4.40. The lowest BCUT2D eigenvalue weighted by atomic mass is 10.1. The Balaban J connectivity index is 1.48. The number of hydrogen-bond donors (Lipinski definition) is 1. The van der Waals surface area contributed by atoms with Crippen LogP contribution in [0.3, 0.4) is 0 Å². The molecule has 1 aliphatic heterocycles. The van der Waals surface area contributed by atoms with Gasteiger partial charge in [-0.25, -0.2) is 0 Å². The summed E-state index contributed by atoms with van der Waals surface area (Å²) in [6.45, 7) is 0.832. The molecule has 1 saturated heterocycles. The number of nitrogens with zero attached hydrogens (tertiary/aromatic N) is 3. The Morgan fingerprint density at radius 3 is 2.73 bits per heavy atom. The van der Waals surface area contributed by atoms with Gasteiger partial charge in [-0.15, -0.1) is 0 Å². The Bertz CT molecular complexity index is 551. The van der Waals surface area contributed by atoms with E-state index in [0.29, 0.717) is 44.2 Å². The van der Waals surface area contributed by atoms with Gasteiger partial charge >= 0.3 is 5.97 Å². The quantitative estimate of drug-likeness (QED) is 0.887. The van der Waals surface area contributed by atoms with Crippen LogP contribution in [0.2, 0.25) is 0 Å². The topological polar surface area (TPSA) is 96.5 Å². The van der Waals surface area contributed by atoms with Crippen LogP contribution in [0.25, 0.3) is 0 Å². The van der Waals surface area contributed by atoms with Gasteiger partial charge in [0.25, 0.3) is 0 Å². The lowest BCUT2D eigenvalue weighted by molar-refractivity contribution is -0.141. The first kappa shape index (κ1) is 15.0. The van der Waals surface area contributed by atoms with E-state index in [4.69, 9.17) is 9.63 Å². The molecule has 1 saturated carbocycles. The lowest BCUT2D eigenvalue weighted by Crippen LogP contribution is -2.30. The standard InChI is InChI=1S/C15H21N3O4/c19-13(18-8-7-11(9-18)15(20)21)6-5-12-16-14(17-22-12)10-3-1-2-4-10/h10-11H,1-9H2,(H,20,21). The van der Waals surface area contributed by atoms with E-state index in [0.717, 1.165) is 18.7 Å². The molecule has 2 aliphatic rings. The maximum absolute atomic E-state index is 12.1. The van der Waals surface area contributed by atoms with Crippen molar-refractivity contribution in [2.45, 2.75) is 50.9 Å². The van der Waals surface area contributed by atoms with Gasteiger partial charge in [0.05, 0.1) is 5.92 Å². The predicted molar refractivity (Wildman–Crippen MR) is 76.2 cm³/mol. The van der Waals surface area contributed by atoms with E-state index in [1.54, 1.807) is 4.90 Å². The van der Waals surface area contributed by atoms with Gasteiger partial charge in [0.15, 0.2) is 5.82 Å². The molecule has 120 valence electrons. The number of carbonyl (C=O) groups is 2. The molecular weight excluding hydrogens is 286 g/mol. The molecule has 2 heterocycles. The van der Waals surface area contributed by atoms with Crippen molar-refractivity contribution in [3.8, 4) is 0 Å². The summed E-state index contributed by atoms with van der Waals surface area (Å²) in [5.74, 6) is 0.387. The van der Waals surface area contributed by atoms with Crippen molar-refractivity contribution in [1.82, 2.24) is 15.0 Å². The molecule has 0 aromatic carbocycles. The second-order valence-electron chi connectivity index (χ2n) is 6.19. The van der Waals surface area contributed by atoms with Gasteiger partial charge in [-0.2, -0.15) is 4.98 Å². The van der Waals surface area contributed by atoms with Crippen molar-refractivity contribution in [3.63, 3.8) is 0 Å². The van der Waals surface area contributed by atoms with E-state index in [2.05, 4.69) is 10.1 Å². The second-order valence-corrected chi connectivity index (χ2v) is 6.19. The van der Waals surface area contributed by atoms with Crippen LogP contribution >= 0.6 is 0 Å². The minimum absolute atomic E-state index is 0.0376. The molecule has 1 amide bonds. The third-order valence-electron chi connectivity index (χ3n) is 4.65. The third-order valence-corrected chi connectivity index (χ3v) is 4.65. The zero-order chi connectivity index (χ0) is 15.5. The van der Waals surface area contributed by atoms with Crippen LogP contribution in [0, 0.1) is 5.92 Å². The maximum Gasteiger partial charge on any atom is 0.308 e. The fourth-order valence-corrected chi connectivity index (χ4v) is 3.28. The summed E-state index contributed by atoms with van der Waals surface area (Å²) in [6, 6.07) is 0. The largest absolute Gasteiger partial charge is 0.481 e. The minimum Gasteiger partial charge on any atom is -0.481 e. The van der Waals surface area contributed by atoms with Crippen LogP contribution in [-0.2, 0) is 16.0 Å². The molecule has 2 fully saturated rings. The van der Waals surface area contributed by atoms with Crippen molar-refractivity contribution >= 4 is 11.9 Å². The highest BCUT2D eigenvalue weighted by Crippen LogP contribution is 2.32. The summed E-state index contributed by atoms with van der Waals surface area (Å²) in [5.41, 5.74) is 0. The van der Waals surface area contributed by atoms with Crippen molar-refractivity contribution in [3.05, 3.63) is 11.7 Å². The molecule has 1 unspecified atom stereocenters. The number of carboxylic acids is 1. The molecule has 3 rings (SSSR count). The van der Waals surface area contributed by atoms with Gasteiger partial charge in [0.2, 0.25) is 11.8 Å². The highest BCUT2D eigenvalue weighted by atomic mass is 16.5. The van der Waals surface area contributed by atoms with E-state index in [1.165, 1.54) is 12.8 Å². The molecule has 1 atom stereocenters. The molecule has 1 aromatic heterocycles. The molecule has 7 heteroatoms. The van der Waals surface area contributed by atoms with Gasteiger partial charge in [0, 0.05) is 31.8 Å². The third kappa shape index (κ3) is 3.28. The lowest BCUT2D eigenvalue weighted by Gasteiger charge is -2.14. The van der Waals surface area contributed by atoms with E-state index in [9.17, 15) is 9.59 Å². The fraction of sp³-hybridized carbons (Fsp3) is 0.733. The summed E-state index contributed by atoms with van der Waals surface area (Å²) in [5, 5.41) is 13.0. The molecule has 1 N–H and O–H groups in total. The zero-order valence-electron chi connectivity index (χ0n) is 12.5. The summed E-state index contributed by atoms with van der Waals surface area (Å²) >= 11 is 0. The fourth-order valence-electron chi connectivity index (χ4n) is 3.28. The minimum atomic E-state index is -0.826. The van der Waals surface area contributed by atoms with Crippen molar-refractivity contribution in [2.24, 2.45) is 5.92 Å². The van der Waals surface area contributed by atoms with Crippen LogP contribution in [0.15, 0.2) is 4.52 Å². The number of aryl methyl sites for hydroxylation is 1. The zero-order valence-corrected chi connectivity index (χ0v) is 12.5. The maximum atomic E-state index is 12.1. The summed E-state index contributed by atoms with van der Waals surface area (Å²) in [4.78, 5) is 29.0. The number of aliphatic carboxylic acids is 1. The number of amides is 1. The first-order valence-corrected chi connectivity index (χ1v) is 7.96. The van der Waals surface area contributed by atoms with Crippen molar-refractivity contribution in [2.75, 3.05) is 13.1 Å². The van der Waals surface area contributed by atoms with Gasteiger partial charge in [-0.1, -0.05) is 18.0 Å². The van der Waals surface area contributed by atoms with E-state index in [-0.39, 0.29) is 5.91 Å². The van der Waals surface area contributed by atoms with Crippen LogP contribution in [0.5, 0.6) is 0 Å². The van der Waals surface area contributed by atoms with Gasteiger partial charge in [-0.3, -0.25) is 9.59 Å². The Labute approximate surface area is 128 Å². The highest BCUT2D eigenvalue weighted by Gasteiger charge is 2.30. The normalized spacial score (nSPS) is 22.4. The van der Waals surface area contributed by atoms with Gasteiger partial charge in [-0.05, 0) is 19.3 Å². The molecule has 0 radical (unpaired) electrons. The van der Waals surface area contributed by atoms with Crippen LogP contribution < -0.4 is 0 Å². The monoisotopic (exact) mass is 307 g/mol. The Morgan fingerprint density at radius 2 is 2.05 bits per heavy atom. The number of hydrogen-bond acceptors (Lipinski definition) is 5. The van der Waals surface area contributed by atoms with Crippen molar-refractivity contribution < 1.29 is 19.2 Å². The average molecular weight is 307 g/mol. The Morgan fingerprint density at radius 1 is 1.27 bits per heavy atom. The highest BCUT2D eigenvalue weighted by molar-refractivity contribution is 5.78. The SMILES string of the molecule is O=C(O)C1CCN(C(=O)CCc2nc(C3CCCC3)no2)C1. The van der Waals surface area contributed by atoms with E-state index in [1.807, 2.05) is 0 Å². The first-order valence-electron chi connectivity index (χ1n) is 7.96. The predicted octanol–water partition coefficient (Wildman–Crippen LogP) is 1.59. The van der Waals surface area contributed by atoms with Gasteiger partial charge in [0.1, 0.15) is 0 Å². The summed E-state index contributed by atoms with van der Waals surface area (Å²) < 4.78 is 5.22. The smallest absolute Gasteiger partial charge is 0.308 e. The number of rotatable bonds is 5. The number of carboxylic acid groups (broad SMARTS) is 1. The second kappa shape index (κ2) is 6.46. The van der Waals surface area contributed by atoms with Crippen LogP contribution in [0.4, 0.5) is 0 Å². The van der Waals surface area contributed by atoms with E-state index < -0.39 is 11.9 Å². The molecule has 1 aromatic rings. The van der Waals surface area contributed by atoms with Crippen molar-refractivity contribution in [1.29, 1.82) is 0 Å². The van der Waals surface area contributed by atoms with Crippen LogP contribution in [0.1, 0.15) is 56.2 Å². The Hall–Kier alpha value is -1.92. The number of aromatic nitrogens is 2. The molecular formula is C15H21N3O4. The van der Waals surface area contributed by atoms with E-state index >= 15 is 0 Å². The molecule has 0 spiro atoms.